The molecule has 0 fully saturated rings. The summed E-state index contributed by atoms with van der Waals surface area (Å²) in [4.78, 5) is 12.4. The van der Waals surface area contributed by atoms with Gasteiger partial charge in [0.1, 0.15) is 5.82 Å². The maximum absolute atomic E-state index is 13.6. The SMILES string of the molecule is CCC(Br)c1ccc(C(=O)c2ccccc2F)cc1. The molecule has 0 radical (unpaired) electrons. The fourth-order valence-electron chi connectivity index (χ4n) is 1.88. The highest BCUT2D eigenvalue weighted by molar-refractivity contribution is 9.09. The molecule has 2 aromatic carbocycles. The van der Waals surface area contributed by atoms with Gasteiger partial charge in [-0.25, -0.2) is 4.39 Å². The van der Waals surface area contributed by atoms with Crippen LogP contribution in [0.5, 0.6) is 0 Å². The maximum atomic E-state index is 13.6. The van der Waals surface area contributed by atoms with Crippen LogP contribution in [0.3, 0.4) is 0 Å². The van der Waals surface area contributed by atoms with Crippen molar-refractivity contribution in [2.45, 2.75) is 18.2 Å². The lowest BCUT2D eigenvalue weighted by Gasteiger charge is -2.08. The molecule has 0 aliphatic rings. The van der Waals surface area contributed by atoms with Gasteiger partial charge >= 0.3 is 0 Å². The summed E-state index contributed by atoms with van der Waals surface area (Å²) in [5.74, 6) is -0.768. The minimum absolute atomic E-state index is 0.112. The Labute approximate surface area is 120 Å². The van der Waals surface area contributed by atoms with E-state index in [2.05, 4.69) is 22.9 Å². The molecule has 1 unspecified atom stereocenters. The van der Waals surface area contributed by atoms with E-state index in [0.717, 1.165) is 12.0 Å². The fraction of sp³-hybridized carbons (Fsp3) is 0.188. The molecule has 0 aliphatic carbocycles. The standard InChI is InChI=1S/C16H14BrFO/c1-2-14(17)11-7-9-12(10-8-11)16(19)13-5-3-4-6-15(13)18/h3-10,14H,2H2,1H3. The van der Waals surface area contributed by atoms with Crippen molar-refractivity contribution >= 4 is 21.7 Å². The number of hydrogen-bond acceptors (Lipinski definition) is 1. The van der Waals surface area contributed by atoms with Crippen LogP contribution in [0.2, 0.25) is 0 Å². The maximum Gasteiger partial charge on any atom is 0.195 e. The summed E-state index contributed by atoms with van der Waals surface area (Å²) in [6.07, 6.45) is 0.973. The topological polar surface area (TPSA) is 17.1 Å². The molecule has 0 aliphatic heterocycles. The van der Waals surface area contributed by atoms with Gasteiger partial charge < -0.3 is 0 Å². The Morgan fingerprint density at radius 1 is 1.16 bits per heavy atom. The number of carbonyl (C=O) groups excluding carboxylic acids is 1. The fourth-order valence-corrected chi connectivity index (χ4v) is 2.19. The summed E-state index contributed by atoms with van der Waals surface area (Å²) in [7, 11) is 0. The zero-order valence-corrected chi connectivity index (χ0v) is 12.2. The number of alkyl halides is 1. The van der Waals surface area contributed by atoms with E-state index in [9.17, 15) is 9.18 Å². The summed E-state index contributed by atoms with van der Waals surface area (Å²) in [5, 5.41) is 0. The summed E-state index contributed by atoms with van der Waals surface area (Å²) >= 11 is 3.56. The van der Waals surface area contributed by atoms with Gasteiger partial charge in [0.05, 0.1) is 5.56 Å². The normalized spacial score (nSPS) is 12.2. The van der Waals surface area contributed by atoms with E-state index < -0.39 is 5.82 Å². The van der Waals surface area contributed by atoms with Gasteiger partial charge in [-0.2, -0.15) is 0 Å². The second kappa shape index (κ2) is 6.11. The van der Waals surface area contributed by atoms with Crippen molar-refractivity contribution in [3.05, 3.63) is 71.0 Å². The summed E-state index contributed by atoms with van der Waals surface area (Å²) in [5.41, 5.74) is 1.73. The molecule has 1 nitrogen and oxygen atoms in total. The third-order valence-corrected chi connectivity index (χ3v) is 4.19. The van der Waals surface area contributed by atoms with Crippen LogP contribution < -0.4 is 0 Å². The number of halogens is 2. The molecule has 0 spiro atoms. The van der Waals surface area contributed by atoms with Crippen molar-refractivity contribution in [2.75, 3.05) is 0 Å². The zero-order chi connectivity index (χ0) is 13.8. The lowest BCUT2D eigenvalue weighted by molar-refractivity contribution is 0.103. The van der Waals surface area contributed by atoms with Gasteiger partial charge in [0.2, 0.25) is 0 Å². The molecule has 3 heteroatoms. The predicted octanol–water partition coefficient (Wildman–Crippen LogP) is 4.90. The van der Waals surface area contributed by atoms with E-state index in [1.54, 1.807) is 24.3 Å². The number of ketones is 1. The highest BCUT2D eigenvalue weighted by Gasteiger charge is 2.13. The zero-order valence-electron chi connectivity index (χ0n) is 10.6. The Bertz CT molecular complexity index is 578. The molecule has 2 rings (SSSR count). The first kappa shape index (κ1) is 13.9. The Morgan fingerprint density at radius 3 is 2.37 bits per heavy atom. The number of benzene rings is 2. The first-order valence-electron chi connectivity index (χ1n) is 6.16. The molecule has 0 heterocycles. The lowest BCUT2D eigenvalue weighted by atomic mass is 10.0. The lowest BCUT2D eigenvalue weighted by Crippen LogP contribution is -2.04. The smallest absolute Gasteiger partial charge is 0.195 e. The molecule has 98 valence electrons. The van der Waals surface area contributed by atoms with Gasteiger partial charge in [0.25, 0.3) is 0 Å². The van der Waals surface area contributed by atoms with E-state index in [1.165, 1.54) is 12.1 Å². The molecular weight excluding hydrogens is 307 g/mol. The highest BCUT2D eigenvalue weighted by Crippen LogP contribution is 2.26. The Kier molecular flexibility index (Phi) is 4.48. The third kappa shape index (κ3) is 3.10. The minimum Gasteiger partial charge on any atom is -0.288 e. The van der Waals surface area contributed by atoms with Gasteiger partial charge in [-0.1, -0.05) is 59.3 Å². The van der Waals surface area contributed by atoms with Crippen molar-refractivity contribution in [3.8, 4) is 0 Å². The van der Waals surface area contributed by atoms with Crippen LogP contribution in [0.25, 0.3) is 0 Å². The molecule has 19 heavy (non-hydrogen) atoms. The molecular formula is C16H14BrFO. The average molecular weight is 321 g/mol. The van der Waals surface area contributed by atoms with Gasteiger partial charge in [-0.05, 0) is 24.1 Å². The molecule has 0 aromatic heterocycles. The number of hydrogen-bond donors (Lipinski definition) is 0. The largest absolute Gasteiger partial charge is 0.288 e. The first-order chi connectivity index (χ1) is 9.13. The average Bonchev–Trinajstić information content (AvgIpc) is 2.46. The summed E-state index contributed by atoms with van der Waals surface area (Å²) in [6.45, 7) is 2.08. The molecule has 2 aromatic rings. The Balaban J connectivity index is 2.28. The number of rotatable bonds is 4. The van der Waals surface area contributed by atoms with E-state index >= 15 is 0 Å². The monoisotopic (exact) mass is 320 g/mol. The van der Waals surface area contributed by atoms with Crippen LogP contribution in [-0.4, -0.2) is 5.78 Å². The van der Waals surface area contributed by atoms with Crippen LogP contribution in [0.4, 0.5) is 4.39 Å². The van der Waals surface area contributed by atoms with Crippen molar-refractivity contribution in [3.63, 3.8) is 0 Å². The second-order valence-corrected chi connectivity index (χ2v) is 5.41. The Morgan fingerprint density at radius 2 is 1.79 bits per heavy atom. The van der Waals surface area contributed by atoms with Crippen molar-refractivity contribution in [1.29, 1.82) is 0 Å². The van der Waals surface area contributed by atoms with Gasteiger partial charge in [-0.3, -0.25) is 4.79 Å². The van der Waals surface area contributed by atoms with Crippen molar-refractivity contribution in [2.24, 2.45) is 0 Å². The van der Waals surface area contributed by atoms with E-state index in [1.807, 2.05) is 12.1 Å². The first-order valence-corrected chi connectivity index (χ1v) is 7.08. The predicted molar refractivity (Wildman–Crippen MR) is 78.2 cm³/mol. The molecule has 0 saturated carbocycles. The van der Waals surface area contributed by atoms with Crippen LogP contribution in [-0.2, 0) is 0 Å². The van der Waals surface area contributed by atoms with E-state index in [-0.39, 0.29) is 16.2 Å². The van der Waals surface area contributed by atoms with Crippen LogP contribution in [0.15, 0.2) is 48.5 Å². The van der Waals surface area contributed by atoms with Gasteiger partial charge in [0, 0.05) is 10.4 Å². The molecule has 1 atom stereocenters. The van der Waals surface area contributed by atoms with E-state index in [4.69, 9.17) is 0 Å². The Hall–Kier alpha value is -1.48. The van der Waals surface area contributed by atoms with Gasteiger partial charge in [-0.15, -0.1) is 0 Å². The van der Waals surface area contributed by atoms with Crippen molar-refractivity contribution in [1.82, 2.24) is 0 Å². The minimum atomic E-state index is -0.483. The van der Waals surface area contributed by atoms with E-state index in [0.29, 0.717) is 5.56 Å². The van der Waals surface area contributed by atoms with Crippen LogP contribution in [0, 0.1) is 5.82 Å². The highest BCUT2D eigenvalue weighted by atomic mass is 79.9. The van der Waals surface area contributed by atoms with Crippen molar-refractivity contribution < 1.29 is 9.18 Å². The summed E-state index contributed by atoms with van der Waals surface area (Å²) < 4.78 is 13.6. The molecule has 0 amide bonds. The third-order valence-electron chi connectivity index (χ3n) is 3.01. The quantitative estimate of drug-likeness (QED) is 0.578. The second-order valence-electron chi connectivity index (χ2n) is 4.31. The summed E-state index contributed by atoms with van der Waals surface area (Å²) in [6, 6.07) is 13.3. The van der Waals surface area contributed by atoms with Gasteiger partial charge in [0.15, 0.2) is 5.78 Å². The molecule has 0 N–H and O–H groups in total. The van der Waals surface area contributed by atoms with Crippen LogP contribution in [0.1, 0.15) is 39.7 Å². The molecule has 0 saturated heterocycles. The molecule has 0 bridgehead atoms. The van der Waals surface area contributed by atoms with Crippen LogP contribution >= 0.6 is 15.9 Å². The number of carbonyl (C=O) groups is 1.